The minimum Gasteiger partial charge on any atom is -0.292 e. The number of fused-ring (bicyclic) bond motifs is 12. The molecule has 0 saturated carbocycles. The largest absolute Gasteiger partial charge is 0.292 e. The molecule has 1 unspecified atom stereocenters. The second kappa shape index (κ2) is 9.97. The van der Waals surface area contributed by atoms with Crippen LogP contribution in [0.5, 0.6) is 0 Å². The number of imidazole rings is 1. The Morgan fingerprint density at radius 1 is 0.370 bits per heavy atom. The van der Waals surface area contributed by atoms with Crippen molar-refractivity contribution in [3.8, 4) is 0 Å². The molecule has 0 radical (unpaired) electrons. The van der Waals surface area contributed by atoms with E-state index in [-0.39, 0.29) is 0 Å². The lowest BCUT2D eigenvalue weighted by Gasteiger charge is -2.21. The maximum atomic E-state index is 5.34. The topological polar surface area (TPSA) is 17.3 Å². The van der Waals surface area contributed by atoms with Gasteiger partial charge in [-0.2, -0.15) is 0 Å². The summed E-state index contributed by atoms with van der Waals surface area (Å²) in [7, 11) is -0.869. The summed E-state index contributed by atoms with van der Waals surface area (Å²) in [5, 5.41) is 15.3. The highest BCUT2D eigenvalue weighted by Crippen LogP contribution is 2.38. The van der Waals surface area contributed by atoms with Gasteiger partial charge in [0.25, 0.3) is 0 Å². The van der Waals surface area contributed by atoms with Crippen LogP contribution >= 0.6 is 7.92 Å². The van der Waals surface area contributed by atoms with Gasteiger partial charge in [0.2, 0.25) is 0 Å². The number of para-hydroxylation sites is 1. The molecule has 2 aromatic heterocycles. The molecule has 0 aliphatic rings. The Labute approximate surface area is 266 Å². The third-order valence-corrected chi connectivity index (χ3v) is 11.9. The third-order valence-electron chi connectivity index (χ3n) is 9.48. The van der Waals surface area contributed by atoms with Gasteiger partial charge in [-0.05, 0) is 91.9 Å². The lowest BCUT2D eigenvalue weighted by molar-refractivity contribution is 1.31. The molecule has 46 heavy (non-hydrogen) atoms. The monoisotopic (exact) mass is 602 g/mol. The molecule has 3 heteroatoms. The first-order chi connectivity index (χ1) is 22.8. The van der Waals surface area contributed by atoms with Crippen LogP contribution in [0.2, 0.25) is 0 Å². The fraction of sp³-hybridized carbons (Fsp3) is 0. The van der Waals surface area contributed by atoms with E-state index in [1.54, 1.807) is 0 Å². The molecule has 10 aromatic rings. The quantitative estimate of drug-likeness (QED) is 0.145. The summed E-state index contributed by atoms with van der Waals surface area (Å²) >= 11 is 0. The second-order valence-electron chi connectivity index (χ2n) is 12.1. The van der Waals surface area contributed by atoms with E-state index in [1.807, 2.05) is 0 Å². The van der Waals surface area contributed by atoms with Gasteiger partial charge in [-0.3, -0.25) is 4.40 Å². The van der Waals surface area contributed by atoms with Crippen LogP contribution in [0.3, 0.4) is 0 Å². The molecule has 0 aliphatic heterocycles. The fourth-order valence-corrected chi connectivity index (χ4v) is 9.68. The average molecular weight is 603 g/mol. The Balaban J connectivity index is 1.25. The molecule has 0 aliphatic carbocycles. The van der Waals surface area contributed by atoms with Gasteiger partial charge in [-0.1, -0.05) is 133 Å². The minimum absolute atomic E-state index is 0.869. The Kier molecular flexibility index (Phi) is 5.58. The van der Waals surface area contributed by atoms with Gasteiger partial charge in [-0.15, -0.1) is 0 Å². The highest BCUT2D eigenvalue weighted by Gasteiger charge is 2.21. The van der Waals surface area contributed by atoms with Crippen molar-refractivity contribution < 1.29 is 0 Å². The summed E-state index contributed by atoms with van der Waals surface area (Å²) in [6, 6.07) is 60.3. The van der Waals surface area contributed by atoms with Crippen LogP contribution in [0, 0.1) is 0 Å². The van der Waals surface area contributed by atoms with Gasteiger partial charge >= 0.3 is 0 Å². The molecule has 0 saturated heterocycles. The molecular weight excluding hydrogens is 575 g/mol. The van der Waals surface area contributed by atoms with Crippen molar-refractivity contribution in [2.45, 2.75) is 0 Å². The lowest BCUT2D eigenvalue weighted by atomic mass is 10.0. The van der Waals surface area contributed by atoms with Crippen molar-refractivity contribution in [1.82, 2.24) is 9.38 Å². The minimum atomic E-state index is -0.869. The summed E-state index contributed by atoms with van der Waals surface area (Å²) in [6.07, 6.45) is 0. The van der Waals surface area contributed by atoms with E-state index < -0.39 is 7.92 Å². The molecule has 214 valence electrons. The van der Waals surface area contributed by atoms with Crippen LogP contribution in [0.4, 0.5) is 0 Å². The number of hydrogen-bond donors (Lipinski definition) is 0. The number of benzene rings is 8. The number of hydrogen-bond acceptors (Lipinski definition) is 1. The normalized spacial score (nSPS) is 12.7. The van der Waals surface area contributed by atoms with Gasteiger partial charge in [0, 0.05) is 10.8 Å². The molecule has 0 bridgehead atoms. The Hall–Kier alpha value is -5.56. The summed E-state index contributed by atoms with van der Waals surface area (Å²) in [5.74, 6) is 0. The maximum Gasteiger partial charge on any atom is 0.146 e. The molecule has 0 amide bonds. The van der Waals surface area contributed by atoms with E-state index in [2.05, 4.69) is 168 Å². The van der Waals surface area contributed by atoms with Gasteiger partial charge < -0.3 is 0 Å². The van der Waals surface area contributed by atoms with E-state index in [1.165, 1.54) is 69.9 Å². The molecule has 0 fully saturated rings. The van der Waals surface area contributed by atoms with Gasteiger partial charge in [0.15, 0.2) is 0 Å². The first-order valence-corrected chi connectivity index (χ1v) is 17.1. The standard InChI is InChI=1S/C43H27N2P/c1-2-11-31-25-32(21-19-28(31)9-1)46(33-22-20-30-18-17-29-10-3-4-12-35(29)39(30)26-33)34-23-24-42-40(27-34)44-43-38-15-6-5-13-36(38)37-14-7-8-16-41(37)45(42)43/h1-27H. The molecule has 8 aromatic carbocycles. The van der Waals surface area contributed by atoms with Crippen molar-refractivity contribution in [3.05, 3.63) is 164 Å². The van der Waals surface area contributed by atoms with Crippen molar-refractivity contribution in [3.63, 3.8) is 0 Å². The van der Waals surface area contributed by atoms with Crippen molar-refractivity contribution in [2.75, 3.05) is 0 Å². The molecule has 10 rings (SSSR count). The predicted octanol–water partition coefficient (Wildman–Crippen LogP) is 10.0. The maximum absolute atomic E-state index is 5.34. The first-order valence-electron chi connectivity index (χ1n) is 15.7. The summed E-state index contributed by atoms with van der Waals surface area (Å²) in [6.45, 7) is 0. The Morgan fingerprint density at radius 2 is 0.935 bits per heavy atom. The zero-order valence-electron chi connectivity index (χ0n) is 24.9. The number of nitrogens with zero attached hydrogens (tertiary/aromatic N) is 2. The van der Waals surface area contributed by atoms with E-state index in [0.29, 0.717) is 0 Å². The van der Waals surface area contributed by atoms with E-state index >= 15 is 0 Å². The van der Waals surface area contributed by atoms with Crippen LogP contribution in [0.25, 0.3) is 70.7 Å². The molecule has 1 atom stereocenters. The number of pyridine rings is 1. The highest BCUT2D eigenvalue weighted by molar-refractivity contribution is 7.79. The molecule has 2 heterocycles. The van der Waals surface area contributed by atoms with Crippen LogP contribution in [-0.2, 0) is 0 Å². The summed E-state index contributed by atoms with van der Waals surface area (Å²) < 4.78 is 2.34. The average Bonchev–Trinajstić information content (AvgIpc) is 3.51. The Bertz CT molecular complexity index is 2830. The van der Waals surface area contributed by atoms with E-state index in [4.69, 9.17) is 4.98 Å². The zero-order valence-corrected chi connectivity index (χ0v) is 25.8. The van der Waals surface area contributed by atoms with Gasteiger partial charge in [-0.25, -0.2) is 4.98 Å². The van der Waals surface area contributed by atoms with Crippen LogP contribution in [-0.4, -0.2) is 9.38 Å². The fourth-order valence-electron chi connectivity index (χ4n) is 7.33. The van der Waals surface area contributed by atoms with E-state index in [9.17, 15) is 0 Å². The smallest absolute Gasteiger partial charge is 0.146 e. The van der Waals surface area contributed by atoms with Gasteiger partial charge in [0.05, 0.1) is 16.6 Å². The SMILES string of the molecule is c1ccc2cc(P(c3ccc4c(c3)nc3c5ccccc5c5ccccc5n43)c3ccc4ccc5ccccc5c4c3)ccc2c1. The summed E-state index contributed by atoms with van der Waals surface area (Å²) in [5.41, 5.74) is 4.36. The predicted molar refractivity (Wildman–Crippen MR) is 199 cm³/mol. The molecule has 0 spiro atoms. The molecule has 0 N–H and O–H groups in total. The van der Waals surface area contributed by atoms with Crippen LogP contribution in [0.15, 0.2) is 164 Å². The van der Waals surface area contributed by atoms with Crippen molar-refractivity contribution in [2.24, 2.45) is 0 Å². The summed E-state index contributed by atoms with van der Waals surface area (Å²) in [4.78, 5) is 5.34. The highest BCUT2D eigenvalue weighted by atomic mass is 31.1. The molecular formula is C43H27N2P. The Morgan fingerprint density at radius 3 is 1.78 bits per heavy atom. The number of aromatic nitrogens is 2. The number of rotatable bonds is 3. The van der Waals surface area contributed by atoms with E-state index in [0.717, 1.165) is 16.7 Å². The van der Waals surface area contributed by atoms with Crippen LogP contribution < -0.4 is 15.9 Å². The van der Waals surface area contributed by atoms with Crippen LogP contribution in [0.1, 0.15) is 0 Å². The first kappa shape index (κ1) is 25.7. The third kappa shape index (κ3) is 3.84. The molecule has 2 nitrogen and oxygen atoms in total. The van der Waals surface area contributed by atoms with Gasteiger partial charge in [0.1, 0.15) is 5.65 Å². The zero-order chi connectivity index (χ0) is 30.2. The van der Waals surface area contributed by atoms with Crippen molar-refractivity contribution >= 4 is 94.5 Å². The lowest BCUT2D eigenvalue weighted by Crippen LogP contribution is -2.20. The van der Waals surface area contributed by atoms with Crippen molar-refractivity contribution in [1.29, 1.82) is 0 Å². The second-order valence-corrected chi connectivity index (χ2v) is 14.3.